The second-order valence-electron chi connectivity index (χ2n) is 9.35. The molecule has 5 rings (SSSR count). The molecule has 3 aliphatic rings. The van der Waals surface area contributed by atoms with Gasteiger partial charge in [0.2, 0.25) is 0 Å². The van der Waals surface area contributed by atoms with Crippen LogP contribution in [-0.4, -0.2) is 0 Å². The van der Waals surface area contributed by atoms with Gasteiger partial charge in [-0.1, -0.05) is 64.1 Å². The number of rotatable bonds is 0. The van der Waals surface area contributed by atoms with Crippen LogP contribution >= 0.6 is 0 Å². The molecule has 0 radical (unpaired) electrons. The Morgan fingerprint density at radius 2 is 1.08 bits per heavy atom. The van der Waals surface area contributed by atoms with Crippen molar-refractivity contribution in [2.24, 2.45) is 0 Å². The zero-order valence-corrected chi connectivity index (χ0v) is 15.7. The summed E-state index contributed by atoms with van der Waals surface area (Å²) in [5.41, 5.74) is 12.3. The largest absolute Gasteiger partial charge is 0.0831 e. The molecule has 0 N–H and O–H groups in total. The minimum Gasteiger partial charge on any atom is -0.0831 e. The Morgan fingerprint density at radius 3 is 1.52 bits per heavy atom. The van der Waals surface area contributed by atoms with Gasteiger partial charge in [0, 0.05) is 0 Å². The number of fused-ring (bicyclic) bond motifs is 5. The highest BCUT2D eigenvalue weighted by molar-refractivity contribution is 5.83. The Morgan fingerprint density at radius 1 is 0.640 bits per heavy atom. The van der Waals surface area contributed by atoms with Crippen molar-refractivity contribution in [3.63, 3.8) is 0 Å². The van der Waals surface area contributed by atoms with Crippen molar-refractivity contribution in [2.75, 3.05) is 0 Å². The van der Waals surface area contributed by atoms with E-state index in [0.717, 1.165) is 19.3 Å². The van der Waals surface area contributed by atoms with Crippen LogP contribution in [0.4, 0.5) is 0 Å². The van der Waals surface area contributed by atoms with Crippen LogP contribution in [0.2, 0.25) is 0 Å². The van der Waals surface area contributed by atoms with Crippen molar-refractivity contribution in [3.05, 3.63) is 69.8 Å². The maximum Gasteiger partial charge on any atom is -0.00132 e. The van der Waals surface area contributed by atoms with Gasteiger partial charge in [-0.25, -0.2) is 0 Å². The molecule has 2 aromatic rings. The van der Waals surface area contributed by atoms with Crippen LogP contribution in [-0.2, 0) is 17.3 Å². The van der Waals surface area contributed by atoms with E-state index in [0.29, 0.717) is 0 Å². The highest BCUT2D eigenvalue weighted by atomic mass is 14.3. The van der Waals surface area contributed by atoms with Crippen molar-refractivity contribution in [1.29, 1.82) is 0 Å². The van der Waals surface area contributed by atoms with Gasteiger partial charge in [0.1, 0.15) is 0 Å². The molecule has 0 aliphatic heterocycles. The van der Waals surface area contributed by atoms with Gasteiger partial charge in [-0.2, -0.15) is 0 Å². The molecule has 0 heterocycles. The summed E-state index contributed by atoms with van der Waals surface area (Å²) >= 11 is 0. The van der Waals surface area contributed by atoms with E-state index in [9.17, 15) is 0 Å². The fourth-order valence-corrected chi connectivity index (χ4v) is 4.95. The molecule has 0 fully saturated rings. The molecule has 0 aromatic heterocycles. The second-order valence-corrected chi connectivity index (χ2v) is 9.35. The molecule has 2 aromatic carbocycles. The van der Waals surface area contributed by atoms with Crippen molar-refractivity contribution < 1.29 is 0 Å². The summed E-state index contributed by atoms with van der Waals surface area (Å²) in [6, 6.07) is 9.87. The summed E-state index contributed by atoms with van der Waals surface area (Å²) in [5.74, 6) is 0. The molecule has 0 atom stereocenters. The predicted molar refractivity (Wildman–Crippen MR) is 108 cm³/mol. The summed E-state index contributed by atoms with van der Waals surface area (Å²) in [7, 11) is 0. The molecular formula is C25H26. The molecule has 0 amide bonds. The first kappa shape index (κ1) is 15.2. The van der Waals surface area contributed by atoms with Crippen molar-refractivity contribution >= 4 is 12.2 Å². The second kappa shape index (κ2) is 4.75. The standard InChI is InChI=1S/C25H26/c1-24(2)9-5-7-16-12-20-18(14-22(16)24)11-19-15-23-17(13-21(19)20)8-6-10-25(23,3)4/h5-8,12-15H,9-11H2,1-4H3. The molecule has 0 bridgehead atoms. The fraction of sp³-hybridized carbons (Fsp3) is 0.360. The van der Waals surface area contributed by atoms with E-state index < -0.39 is 0 Å². The van der Waals surface area contributed by atoms with Gasteiger partial charge in [0.15, 0.2) is 0 Å². The van der Waals surface area contributed by atoms with Crippen LogP contribution in [0.25, 0.3) is 23.3 Å². The van der Waals surface area contributed by atoms with Gasteiger partial charge in [0.05, 0.1) is 0 Å². The molecular weight excluding hydrogens is 300 g/mol. The van der Waals surface area contributed by atoms with Crippen molar-refractivity contribution in [3.8, 4) is 11.1 Å². The summed E-state index contributed by atoms with van der Waals surface area (Å²) < 4.78 is 0. The lowest BCUT2D eigenvalue weighted by Gasteiger charge is -2.30. The Kier molecular flexibility index (Phi) is 2.89. The third kappa shape index (κ3) is 2.13. The van der Waals surface area contributed by atoms with E-state index in [4.69, 9.17) is 0 Å². The van der Waals surface area contributed by atoms with E-state index in [1.807, 2.05) is 0 Å². The van der Waals surface area contributed by atoms with Crippen LogP contribution in [0.3, 0.4) is 0 Å². The average Bonchev–Trinajstić information content (AvgIpc) is 2.89. The average molecular weight is 326 g/mol. The predicted octanol–water partition coefficient (Wildman–Crippen LogP) is 6.65. The van der Waals surface area contributed by atoms with Crippen molar-refractivity contribution in [2.45, 2.75) is 57.8 Å². The Bertz CT molecular complexity index is 885. The highest BCUT2D eigenvalue weighted by Crippen LogP contribution is 2.46. The van der Waals surface area contributed by atoms with Gasteiger partial charge in [-0.3, -0.25) is 0 Å². The first-order chi connectivity index (χ1) is 11.9. The molecule has 0 unspecified atom stereocenters. The SMILES string of the molecule is CC1(C)CC=Cc2cc3c(cc21)Cc1cc2c(cc1-3)C=CCC2(C)C. The zero-order valence-electron chi connectivity index (χ0n) is 15.7. The Labute approximate surface area is 151 Å². The lowest BCUT2D eigenvalue weighted by molar-refractivity contribution is 0.528. The number of hydrogen-bond acceptors (Lipinski definition) is 0. The van der Waals surface area contributed by atoms with Crippen LogP contribution < -0.4 is 0 Å². The van der Waals surface area contributed by atoms with Gasteiger partial charge in [-0.05, 0) is 86.7 Å². The third-order valence-corrected chi connectivity index (χ3v) is 6.53. The van der Waals surface area contributed by atoms with Gasteiger partial charge in [-0.15, -0.1) is 0 Å². The summed E-state index contributed by atoms with van der Waals surface area (Å²) in [5, 5.41) is 0. The topological polar surface area (TPSA) is 0 Å². The maximum absolute atomic E-state index is 2.49. The molecule has 0 nitrogen and oxygen atoms in total. The highest BCUT2D eigenvalue weighted by Gasteiger charge is 2.31. The Balaban J connectivity index is 1.71. The third-order valence-electron chi connectivity index (χ3n) is 6.53. The first-order valence-corrected chi connectivity index (χ1v) is 9.53. The maximum atomic E-state index is 2.49. The van der Waals surface area contributed by atoms with Crippen LogP contribution in [0.1, 0.15) is 73.9 Å². The van der Waals surface area contributed by atoms with E-state index >= 15 is 0 Å². The lowest BCUT2D eigenvalue weighted by Crippen LogP contribution is -2.20. The van der Waals surface area contributed by atoms with Crippen molar-refractivity contribution in [1.82, 2.24) is 0 Å². The Hall–Kier alpha value is -2.08. The minimum atomic E-state index is 0.248. The number of hydrogen-bond donors (Lipinski definition) is 0. The molecule has 0 saturated heterocycles. The molecule has 25 heavy (non-hydrogen) atoms. The van der Waals surface area contributed by atoms with E-state index in [2.05, 4.69) is 76.3 Å². The zero-order chi connectivity index (χ0) is 17.4. The normalized spacial score (nSPS) is 20.6. The minimum absolute atomic E-state index is 0.248. The van der Waals surface area contributed by atoms with Gasteiger partial charge >= 0.3 is 0 Å². The van der Waals surface area contributed by atoms with Crippen LogP contribution in [0, 0.1) is 0 Å². The van der Waals surface area contributed by atoms with E-state index in [1.165, 1.54) is 44.5 Å². The van der Waals surface area contributed by atoms with Gasteiger partial charge < -0.3 is 0 Å². The fourth-order valence-electron chi connectivity index (χ4n) is 4.95. The number of allylic oxidation sites excluding steroid dienone is 2. The molecule has 0 heteroatoms. The molecule has 0 saturated carbocycles. The first-order valence-electron chi connectivity index (χ1n) is 9.53. The smallest absolute Gasteiger partial charge is 0.00132 e. The monoisotopic (exact) mass is 326 g/mol. The van der Waals surface area contributed by atoms with E-state index in [1.54, 1.807) is 0 Å². The molecule has 3 aliphatic carbocycles. The molecule has 0 spiro atoms. The summed E-state index contributed by atoms with van der Waals surface area (Å²) in [6.45, 7) is 9.48. The summed E-state index contributed by atoms with van der Waals surface area (Å²) in [4.78, 5) is 0. The number of benzene rings is 2. The van der Waals surface area contributed by atoms with Crippen LogP contribution in [0.15, 0.2) is 36.4 Å². The lowest BCUT2D eigenvalue weighted by atomic mass is 9.74. The molecule has 126 valence electrons. The quantitative estimate of drug-likeness (QED) is 0.434. The van der Waals surface area contributed by atoms with E-state index in [-0.39, 0.29) is 10.8 Å². The summed E-state index contributed by atoms with van der Waals surface area (Å²) in [6.07, 6.45) is 12.7. The van der Waals surface area contributed by atoms with Gasteiger partial charge in [0.25, 0.3) is 0 Å². The van der Waals surface area contributed by atoms with Crippen LogP contribution in [0.5, 0.6) is 0 Å².